The molecule has 1 aliphatic carbocycles. The predicted octanol–water partition coefficient (Wildman–Crippen LogP) is 4.37. The van der Waals surface area contributed by atoms with Crippen molar-refractivity contribution >= 4 is 27.3 Å². The molecule has 1 aromatic heterocycles. The molecule has 0 spiro atoms. The standard InChI is InChI=1S/C16H18BrNS/c1-2-18-15(10-12-7-8-16(17)19-12)14-9-11-5-3-4-6-13(11)14/h3-8,14-15,18H,2,9-10H2,1H3. The molecule has 19 heavy (non-hydrogen) atoms. The van der Waals surface area contributed by atoms with Gasteiger partial charge in [0.2, 0.25) is 0 Å². The van der Waals surface area contributed by atoms with Gasteiger partial charge in [-0.3, -0.25) is 0 Å². The van der Waals surface area contributed by atoms with Gasteiger partial charge in [0, 0.05) is 16.8 Å². The molecule has 0 saturated carbocycles. The smallest absolute Gasteiger partial charge is 0.0701 e. The van der Waals surface area contributed by atoms with Crippen LogP contribution in [0.25, 0.3) is 0 Å². The van der Waals surface area contributed by atoms with E-state index in [9.17, 15) is 0 Å². The van der Waals surface area contributed by atoms with E-state index >= 15 is 0 Å². The summed E-state index contributed by atoms with van der Waals surface area (Å²) in [5.41, 5.74) is 3.08. The number of hydrogen-bond acceptors (Lipinski definition) is 2. The van der Waals surface area contributed by atoms with Gasteiger partial charge in [-0.1, -0.05) is 31.2 Å². The van der Waals surface area contributed by atoms with Crippen molar-refractivity contribution in [2.24, 2.45) is 0 Å². The zero-order valence-electron chi connectivity index (χ0n) is 11.0. The number of hydrogen-bond donors (Lipinski definition) is 1. The Labute approximate surface area is 127 Å². The van der Waals surface area contributed by atoms with Crippen molar-refractivity contribution in [1.82, 2.24) is 5.32 Å². The van der Waals surface area contributed by atoms with Crippen LogP contribution in [0.1, 0.15) is 28.8 Å². The molecule has 100 valence electrons. The van der Waals surface area contributed by atoms with E-state index in [0.717, 1.165) is 13.0 Å². The van der Waals surface area contributed by atoms with Crippen LogP contribution in [0.5, 0.6) is 0 Å². The van der Waals surface area contributed by atoms with Crippen LogP contribution in [0.2, 0.25) is 0 Å². The van der Waals surface area contributed by atoms with Crippen molar-refractivity contribution in [2.45, 2.75) is 31.7 Å². The second-order valence-electron chi connectivity index (χ2n) is 5.08. The molecular formula is C16H18BrNS. The summed E-state index contributed by atoms with van der Waals surface area (Å²) in [7, 11) is 0. The van der Waals surface area contributed by atoms with Gasteiger partial charge < -0.3 is 5.32 Å². The van der Waals surface area contributed by atoms with Crippen LogP contribution in [0, 0.1) is 0 Å². The van der Waals surface area contributed by atoms with Gasteiger partial charge in [0.1, 0.15) is 0 Å². The zero-order valence-corrected chi connectivity index (χ0v) is 13.4. The Kier molecular flexibility index (Phi) is 4.06. The lowest BCUT2D eigenvalue weighted by Crippen LogP contribution is -2.41. The number of nitrogens with one attached hydrogen (secondary N) is 1. The van der Waals surface area contributed by atoms with Gasteiger partial charge in [0.25, 0.3) is 0 Å². The molecule has 0 radical (unpaired) electrons. The van der Waals surface area contributed by atoms with Crippen LogP contribution >= 0.6 is 27.3 Å². The molecule has 1 nitrogen and oxygen atoms in total. The van der Waals surface area contributed by atoms with Gasteiger partial charge >= 0.3 is 0 Å². The predicted molar refractivity (Wildman–Crippen MR) is 86.1 cm³/mol. The van der Waals surface area contributed by atoms with Crippen LogP contribution in [-0.4, -0.2) is 12.6 Å². The van der Waals surface area contributed by atoms with E-state index in [1.54, 1.807) is 5.56 Å². The minimum Gasteiger partial charge on any atom is -0.313 e. The molecule has 2 aromatic rings. The summed E-state index contributed by atoms with van der Waals surface area (Å²) in [5.74, 6) is 0.678. The van der Waals surface area contributed by atoms with Crippen molar-refractivity contribution < 1.29 is 0 Å². The lowest BCUT2D eigenvalue weighted by atomic mass is 9.72. The number of thiophene rings is 1. The third-order valence-electron chi connectivity index (χ3n) is 3.90. The summed E-state index contributed by atoms with van der Waals surface area (Å²) in [6.07, 6.45) is 2.35. The van der Waals surface area contributed by atoms with Crippen molar-refractivity contribution in [2.75, 3.05) is 6.54 Å². The van der Waals surface area contributed by atoms with Crippen molar-refractivity contribution in [3.8, 4) is 0 Å². The van der Waals surface area contributed by atoms with Crippen molar-refractivity contribution in [1.29, 1.82) is 0 Å². The fourth-order valence-electron chi connectivity index (χ4n) is 2.95. The van der Waals surface area contributed by atoms with E-state index in [-0.39, 0.29) is 0 Å². The third-order valence-corrected chi connectivity index (χ3v) is 5.54. The fourth-order valence-corrected chi connectivity index (χ4v) is 4.50. The van der Waals surface area contributed by atoms with E-state index in [1.165, 1.54) is 20.6 Å². The molecular weight excluding hydrogens is 318 g/mol. The van der Waals surface area contributed by atoms with E-state index in [1.807, 2.05) is 11.3 Å². The molecule has 3 rings (SSSR count). The Bertz CT molecular complexity index is 563. The highest BCUT2D eigenvalue weighted by molar-refractivity contribution is 9.11. The van der Waals surface area contributed by atoms with E-state index in [2.05, 4.69) is 64.6 Å². The third kappa shape index (κ3) is 2.78. The SMILES string of the molecule is CCNC(Cc1ccc(Br)s1)C1Cc2ccccc21. The minimum atomic E-state index is 0.561. The Hall–Kier alpha value is -0.640. The summed E-state index contributed by atoms with van der Waals surface area (Å²) in [6, 6.07) is 13.8. The number of benzene rings is 1. The highest BCUT2D eigenvalue weighted by atomic mass is 79.9. The Morgan fingerprint density at radius 2 is 2.16 bits per heavy atom. The van der Waals surface area contributed by atoms with Gasteiger partial charge in [0.15, 0.2) is 0 Å². The summed E-state index contributed by atoms with van der Waals surface area (Å²) < 4.78 is 1.23. The molecule has 2 atom stereocenters. The molecule has 1 heterocycles. The Morgan fingerprint density at radius 1 is 1.32 bits per heavy atom. The van der Waals surface area contributed by atoms with Crippen molar-refractivity contribution in [3.63, 3.8) is 0 Å². The number of fused-ring (bicyclic) bond motifs is 1. The maximum atomic E-state index is 3.67. The fraction of sp³-hybridized carbons (Fsp3) is 0.375. The van der Waals surface area contributed by atoms with Gasteiger partial charge in [-0.05, 0) is 58.6 Å². The maximum Gasteiger partial charge on any atom is 0.0701 e. The summed E-state index contributed by atoms with van der Waals surface area (Å²) >= 11 is 5.40. The largest absolute Gasteiger partial charge is 0.313 e. The summed E-state index contributed by atoms with van der Waals surface area (Å²) in [4.78, 5) is 1.46. The number of halogens is 1. The van der Waals surface area contributed by atoms with Crippen LogP contribution < -0.4 is 5.32 Å². The first-order chi connectivity index (χ1) is 9.28. The first kappa shape index (κ1) is 13.3. The second kappa shape index (κ2) is 5.78. The summed E-state index contributed by atoms with van der Waals surface area (Å²) in [5, 5.41) is 3.67. The number of likely N-dealkylation sites (N-methyl/N-ethyl adjacent to an activating group) is 1. The lowest BCUT2D eigenvalue weighted by Gasteiger charge is -2.37. The zero-order chi connectivity index (χ0) is 13.2. The van der Waals surface area contributed by atoms with Crippen molar-refractivity contribution in [3.05, 3.63) is 56.2 Å². The van der Waals surface area contributed by atoms with Gasteiger partial charge in [0.05, 0.1) is 3.79 Å². The van der Waals surface area contributed by atoms with Crippen LogP contribution in [0.15, 0.2) is 40.2 Å². The van der Waals surface area contributed by atoms with E-state index in [0.29, 0.717) is 12.0 Å². The van der Waals surface area contributed by atoms with Crippen LogP contribution in [0.4, 0.5) is 0 Å². The normalized spacial score (nSPS) is 18.7. The Balaban J connectivity index is 1.76. The molecule has 0 fully saturated rings. The minimum absolute atomic E-state index is 0.561. The highest BCUT2D eigenvalue weighted by Gasteiger charge is 2.32. The molecule has 0 amide bonds. The molecule has 0 bridgehead atoms. The lowest BCUT2D eigenvalue weighted by molar-refractivity contribution is 0.406. The van der Waals surface area contributed by atoms with Crippen LogP contribution in [0.3, 0.4) is 0 Å². The van der Waals surface area contributed by atoms with Gasteiger partial charge in [-0.25, -0.2) is 0 Å². The maximum absolute atomic E-state index is 3.67. The second-order valence-corrected chi connectivity index (χ2v) is 7.63. The summed E-state index contributed by atoms with van der Waals surface area (Å²) in [6.45, 7) is 3.23. The molecule has 1 aliphatic rings. The molecule has 1 N–H and O–H groups in total. The first-order valence-corrected chi connectivity index (χ1v) is 8.44. The topological polar surface area (TPSA) is 12.0 Å². The van der Waals surface area contributed by atoms with E-state index in [4.69, 9.17) is 0 Å². The quantitative estimate of drug-likeness (QED) is 0.855. The van der Waals surface area contributed by atoms with E-state index < -0.39 is 0 Å². The highest BCUT2D eigenvalue weighted by Crippen LogP contribution is 2.39. The number of rotatable bonds is 5. The van der Waals surface area contributed by atoms with Gasteiger partial charge in [-0.2, -0.15) is 0 Å². The molecule has 0 saturated heterocycles. The Morgan fingerprint density at radius 3 is 2.84 bits per heavy atom. The molecule has 3 heteroatoms. The molecule has 0 aliphatic heterocycles. The first-order valence-electron chi connectivity index (χ1n) is 6.83. The molecule has 1 aromatic carbocycles. The average molecular weight is 336 g/mol. The average Bonchev–Trinajstić information content (AvgIpc) is 2.77. The molecule has 2 unspecified atom stereocenters. The van der Waals surface area contributed by atoms with Gasteiger partial charge in [-0.15, -0.1) is 11.3 Å². The monoisotopic (exact) mass is 335 g/mol. The van der Waals surface area contributed by atoms with Crippen LogP contribution in [-0.2, 0) is 12.8 Å².